The highest BCUT2D eigenvalue weighted by Crippen LogP contribution is 2.44. The molecule has 2 amide bonds. The van der Waals surface area contributed by atoms with Crippen LogP contribution >= 0.6 is 22.9 Å². The lowest BCUT2D eigenvalue weighted by Crippen LogP contribution is -2.50. The van der Waals surface area contributed by atoms with E-state index in [0.29, 0.717) is 33.2 Å². The van der Waals surface area contributed by atoms with E-state index < -0.39 is 20.0 Å². The summed E-state index contributed by atoms with van der Waals surface area (Å²) in [4.78, 5) is 54.8. The highest BCUT2D eigenvalue weighted by molar-refractivity contribution is 7.17. The molecule has 13 heteroatoms. The first-order valence-corrected chi connectivity index (χ1v) is 21.1. The van der Waals surface area contributed by atoms with E-state index in [2.05, 4.69) is 48.8 Å². The van der Waals surface area contributed by atoms with Crippen molar-refractivity contribution in [1.29, 1.82) is 0 Å². The van der Waals surface area contributed by atoms with Crippen LogP contribution in [0.15, 0.2) is 58.8 Å². The number of H-pyrrole nitrogens is 1. The van der Waals surface area contributed by atoms with Gasteiger partial charge in [-0.15, -0.1) is 11.3 Å². The number of hydrogen-bond acceptors (Lipinski definition) is 8. The number of aromatic nitrogens is 3. The summed E-state index contributed by atoms with van der Waals surface area (Å²) in [5, 5.41) is 2.16. The van der Waals surface area contributed by atoms with Crippen LogP contribution in [0.3, 0.4) is 0 Å². The number of hydrogen-bond donors (Lipinski definition) is 1. The number of nitrogens with one attached hydrogen (secondary N) is 1. The van der Waals surface area contributed by atoms with E-state index in [1.807, 2.05) is 49.3 Å². The van der Waals surface area contributed by atoms with Crippen molar-refractivity contribution in [2.24, 2.45) is 0 Å². The fourth-order valence-electron chi connectivity index (χ4n) is 6.00. The van der Waals surface area contributed by atoms with E-state index in [0.717, 1.165) is 24.0 Å². The second-order valence-electron chi connectivity index (χ2n) is 15.6. The summed E-state index contributed by atoms with van der Waals surface area (Å²) in [6, 6.07) is 12.5. The van der Waals surface area contributed by atoms with Gasteiger partial charge in [-0.1, -0.05) is 50.6 Å². The van der Waals surface area contributed by atoms with Gasteiger partial charge in [-0.25, -0.2) is 14.8 Å². The van der Waals surface area contributed by atoms with E-state index >= 15 is 0 Å². The molecular formula is C37H48ClN5O5SSi. The number of nitrogens with zero attached hydrogens (tertiary/aromatic N) is 4. The molecule has 10 nitrogen and oxygen atoms in total. The number of carbonyl (C=O) groups excluding carboxylic acids is 2. The third-order valence-corrected chi connectivity index (χ3v) is 15.2. The Labute approximate surface area is 304 Å². The molecule has 0 saturated carbocycles. The number of thiophene rings is 1. The Bertz CT molecular complexity index is 1880. The minimum absolute atomic E-state index is 0.0571. The van der Waals surface area contributed by atoms with Crippen LogP contribution in [-0.2, 0) is 22.1 Å². The van der Waals surface area contributed by atoms with Crippen molar-refractivity contribution in [2.45, 2.75) is 109 Å². The van der Waals surface area contributed by atoms with Gasteiger partial charge in [-0.2, -0.15) is 0 Å². The van der Waals surface area contributed by atoms with Gasteiger partial charge in [0.2, 0.25) is 0 Å². The molecular weight excluding hydrogens is 690 g/mol. The van der Waals surface area contributed by atoms with Crippen LogP contribution in [0.2, 0.25) is 23.3 Å². The van der Waals surface area contributed by atoms with Crippen molar-refractivity contribution in [2.75, 3.05) is 7.05 Å². The van der Waals surface area contributed by atoms with Crippen LogP contribution in [0.25, 0.3) is 10.2 Å². The SMILES string of the molecule is CN(Cc1nc2ccsc2c(=O)[nH]1)C(=O)c1ccc(C[C@@H]2CC[C@H](C(O[Si](C)(C)C(C)(C)C)c3ccc(Cl)nc3)N2C(=O)OC(C)(C)C)cc1. The molecule has 1 saturated heterocycles. The maximum absolute atomic E-state index is 14.0. The average Bonchev–Trinajstić information content (AvgIpc) is 3.67. The Morgan fingerprint density at radius 1 is 1.08 bits per heavy atom. The number of rotatable bonds is 9. The van der Waals surface area contributed by atoms with Crippen LogP contribution < -0.4 is 5.56 Å². The molecule has 0 bridgehead atoms. The summed E-state index contributed by atoms with van der Waals surface area (Å²) in [6.45, 7) is 16.8. The molecule has 3 aromatic heterocycles. The smallest absolute Gasteiger partial charge is 0.410 e. The van der Waals surface area contributed by atoms with Crippen LogP contribution in [0, 0.1) is 0 Å². The summed E-state index contributed by atoms with van der Waals surface area (Å²) in [7, 11) is -0.614. The highest BCUT2D eigenvalue weighted by atomic mass is 35.5. The number of halogens is 1. The van der Waals surface area contributed by atoms with Gasteiger partial charge in [-0.05, 0) is 93.4 Å². The van der Waals surface area contributed by atoms with Crippen molar-refractivity contribution in [3.05, 3.63) is 92.1 Å². The molecule has 3 atom stereocenters. The molecule has 5 rings (SSSR count). The molecule has 0 spiro atoms. The van der Waals surface area contributed by atoms with Gasteiger partial charge < -0.3 is 19.0 Å². The number of amides is 2. The zero-order valence-electron chi connectivity index (χ0n) is 30.4. The maximum atomic E-state index is 14.0. The van der Waals surface area contributed by atoms with Crippen molar-refractivity contribution in [3.8, 4) is 0 Å². The molecule has 1 unspecified atom stereocenters. The molecule has 4 aromatic rings. The number of pyridine rings is 1. The van der Waals surface area contributed by atoms with Gasteiger partial charge in [0, 0.05) is 30.4 Å². The molecule has 4 heterocycles. The quantitative estimate of drug-likeness (QED) is 0.135. The molecule has 268 valence electrons. The van der Waals surface area contributed by atoms with E-state index in [4.69, 9.17) is 20.8 Å². The highest BCUT2D eigenvalue weighted by Gasteiger charge is 2.48. The summed E-state index contributed by atoms with van der Waals surface area (Å²) in [5.74, 6) is 0.236. The normalized spacial score (nSPS) is 17.6. The summed E-state index contributed by atoms with van der Waals surface area (Å²) in [5.41, 5.74) is 2.12. The number of aromatic amines is 1. The second-order valence-corrected chi connectivity index (χ2v) is 21.7. The number of benzene rings is 1. The largest absolute Gasteiger partial charge is 0.444 e. The molecule has 1 aliphatic rings. The number of ether oxygens (including phenoxy) is 1. The van der Waals surface area contributed by atoms with Crippen molar-refractivity contribution < 1.29 is 18.8 Å². The second kappa shape index (κ2) is 14.6. The van der Waals surface area contributed by atoms with Crippen molar-refractivity contribution in [3.63, 3.8) is 0 Å². The fourth-order valence-corrected chi connectivity index (χ4v) is 8.12. The van der Waals surface area contributed by atoms with Crippen LogP contribution in [0.5, 0.6) is 0 Å². The Kier molecular flexibility index (Phi) is 11.0. The van der Waals surface area contributed by atoms with Gasteiger partial charge in [0.15, 0.2) is 8.32 Å². The van der Waals surface area contributed by atoms with E-state index in [1.165, 1.54) is 16.2 Å². The Hall–Kier alpha value is -3.58. The van der Waals surface area contributed by atoms with Gasteiger partial charge in [0.05, 0.1) is 24.2 Å². The number of likely N-dealkylation sites (tertiary alicyclic amines) is 1. The van der Waals surface area contributed by atoms with Gasteiger partial charge in [-0.3, -0.25) is 14.5 Å². The third-order valence-electron chi connectivity index (χ3n) is 9.58. The lowest BCUT2D eigenvalue weighted by atomic mass is 10.0. The topological polar surface area (TPSA) is 118 Å². The van der Waals surface area contributed by atoms with Crippen LogP contribution in [0.4, 0.5) is 4.79 Å². The van der Waals surface area contributed by atoms with Crippen LogP contribution in [-0.4, -0.2) is 69.8 Å². The Morgan fingerprint density at radius 2 is 1.78 bits per heavy atom. The molecule has 50 heavy (non-hydrogen) atoms. The lowest BCUT2D eigenvalue weighted by molar-refractivity contribution is -0.00244. The minimum Gasteiger partial charge on any atom is -0.444 e. The van der Waals surface area contributed by atoms with Crippen molar-refractivity contribution in [1.82, 2.24) is 24.8 Å². The van der Waals surface area contributed by atoms with Gasteiger partial charge in [0.1, 0.15) is 21.3 Å². The Balaban J connectivity index is 1.37. The van der Waals surface area contributed by atoms with Crippen LogP contribution in [0.1, 0.15) is 87.8 Å². The standard InChI is InChI=1S/C37H48ClN5O5SSi/c1-36(2,3)47-35(46)43-26(15-16-28(43)31(25-14-17-29(38)39-21-25)48-50(8,9)37(4,5)6)20-23-10-12-24(13-11-23)34(45)42(7)22-30-40-27-18-19-49-32(27)33(44)41-30/h10-14,17-19,21,26,28,31H,15-16,20,22H2,1-9H3,(H,40,41,44)/t26-,28+,31?/m0/s1. The number of fused-ring (bicyclic) bond motifs is 1. The molecule has 1 N–H and O–H groups in total. The zero-order valence-corrected chi connectivity index (χ0v) is 32.9. The first-order valence-electron chi connectivity index (χ1n) is 16.9. The molecule has 1 fully saturated rings. The maximum Gasteiger partial charge on any atom is 0.410 e. The monoisotopic (exact) mass is 737 g/mol. The summed E-state index contributed by atoms with van der Waals surface area (Å²) >= 11 is 7.52. The predicted octanol–water partition coefficient (Wildman–Crippen LogP) is 8.38. The minimum atomic E-state index is -2.30. The van der Waals surface area contributed by atoms with Gasteiger partial charge >= 0.3 is 6.09 Å². The Morgan fingerprint density at radius 3 is 2.40 bits per heavy atom. The molecule has 1 aliphatic heterocycles. The molecule has 0 radical (unpaired) electrons. The fraction of sp³-hybridized carbons (Fsp3) is 0.486. The number of carbonyl (C=O) groups is 2. The lowest BCUT2D eigenvalue weighted by Gasteiger charge is -2.43. The van der Waals surface area contributed by atoms with E-state index in [9.17, 15) is 14.4 Å². The summed E-state index contributed by atoms with van der Waals surface area (Å²) in [6.07, 6.45) is 3.01. The predicted molar refractivity (Wildman–Crippen MR) is 201 cm³/mol. The first kappa shape index (κ1) is 37.7. The third kappa shape index (κ3) is 8.64. The average molecular weight is 738 g/mol. The summed E-state index contributed by atoms with van der Waals surface area (Å²) < 4.78 is 13.7. The van der Waals surface area contributed by atoms with Crippen molar-refractivity contribution >= 4 is 53.5 Å². The zero-order chi connectivity index (χ0) is 36.6. The van der Waals surface area contributed by atoms with Gasteiger partial charge in [0.25, 0.3) is 11.5 Å². The van der Waals surface area contributed by atoms with E-state index in [-0.39, 0.29) is 41.2 Å². The molecule has 0 aliphatic carbocycles. The van der Waals surface area contributed by atoms with E-state index in [1.54, 1.807) is 37.5 Å². The molecule has 1 aromatic carbocycles. The first-order chi connectivity index (χ1) is 23.3.